The molecule has 1 rings (SSSR count). The van der Waals surface area contributed by atoms with Crippen LogP contribution in [0.1, 0.15) is 37.0 Å². The molecule has 0 unspecified atom stereocenters. The van der Waals surface area contributed by atoms with Gasteiger partial charge in [0, 0.05) is 22.7 Å². The molecule has 1 aromatic carbocycles. The van der Waals surface area contributed by atoms with Gasteiger partial charge in [0.05, 0.1) is 12.7 Å². The van der Waals surface area contributed by atoms with Gasteiger partial charge >= 0.3 is 5.97 Å². The number of thioether (sulfide) groups is 1. The van der Waals surface area contributed by atoms with E-state index in [2.05, 4.69) is 25.4 Å². The zero-order valence-electron chi connectivity index (χ0n) is 12.7. The van der Waals surface area contributed by atoms with Crippen molar-refractivity contribution in [2.24, 2.45) is 0 Å². The number of hydrogen-bond acceptors (Lipinski definition) is 5. The molecular weight excluding hydrogens is 272 g/mol. The smallest absolute Gasteiger partial charge is 0.340 e. The Morgan fingerprint density at radius 1 is 1.40 bits per heavy atom. The average molecular weight is 296 g/mol. The first kappa shape index (κ1) is 16.7. The molecule has 0 bridgehead atoms. The van der Waals surface area contributed by atoms with E-state index in [9.17, 15) is 4.79 Å². The molecule has 0 heterocycles. The second-order valence-electron chi connectivity index (χ2n) is 4.74. The minimum absolute atomic E-state index is 0.215. The number of nitrogens with two attached hydrogens (primary N) is 1. The monoisotopic (exact) mass is 296 g/mol. The number of esters is 1. The fraction of sp³-hybridized carbons (Fsp3) is 0.533. The Bertz CT molecular complexity index is 451. The molecule has 0 aliphatic heterocycles. The number of nitrogens with one attached hydrogen (secondary N) is 1. The molecular formula is C15H24N2O2S. The molecule has 0 saturated carbocycles. The molecule has 0 radical (unpaired) electrons. The second-order valence-corrected chi connectivity index (χ2v) is 6.02. The van der Waals surface area contributed by atoms with E-state index in [1.807, 2.05) is 17.8 Å². The Morgan fingerprint density at radius 3 is 2.55 bits per heavy atom. The summed E-state index contributed by atoms with van der Waals surface area (Å²) in [5, 5.41) is 3.40. The lowest BCUT2D eigenvalue weighted by molar-refractivity contribution is 0.0602. The quantitative estimate of drug-likeness (QED) is 0.596. The third-order valence-corrected chi connectivity index (χ3v) is 5.38. The molecule has 0 aliphatic carbocycles. The third-order valence-electron chi connectivity index (χ3n) is 3.79. The standard InChI is InChI=1S/C15H24N2O2S/c1-5-15(6-2,20-4)10-17-11-7-8-13(16)12(9-11)14(18)19-3/h7-9,17H,5-6,10,16H2,1-4H3. The summed E-state index contributed by atoms with van der Waals surface area (Å²) < 4.78 is 4.95. The molecule has 5 heteroatoms. The summed E-state index contributed by atoms with van der Waals surface area (Å²) >= 11 is 1.88. The van der Waals surface area contributed by atoms with Crippen molar-refractivity contribution in [2.45, 2.75) is 31.4 Å². The lowest BCUT2D eigenvalue weighted by Gasteiger charge is -2.30. The maximum atomic E-state index is 11.6. The van der Waals surface area contributed by atoms with E-state index in [-0.39, 0.29) is 4.75 Å². The fourth-order valence-electron chi connectivity index (χ4n) is 2.08. The lowest BCUT2D eigenvalue weighted by Crippen LogP contribution is -2.32. The van der Waals surface area contributed by atoms with Crippen LogP contribution >= 0.6 is 11.8 Å². The highest BCUT2D eigenvalue weighted by Gasteiger charge is 2.24. The van der Waals surface area contributed by atoms with Crippen LogP contribution in [-0.2, 0) is 4.74 Å². The summed E-state index contributed by atoms with van der Waals surface area (Å²) in [5.41, 5.74) is 7.52. The Hall–Kier alpha value is -1.36. The van der Waals surface area contributed by atoms with Gasteiger partial charge in [0.1, 0.15) is 0 Å². The zero-order chi connectivity index (χ0) is 15.2. The van der Waals surface area contributed by atoms with Crippen molar-refractivity contribution in [3.05, 3.63) is 23.8 Å². The van der Waals surface area contributed by atoms with Crippen LogP contribution in [0.15, 0.2) is 18.2 Å². The largest absolute Gasteiger partial charge is 0.465 e. The number of nitrogen functional groups attached to an aromatic ring is 1. The zero-order valence-corrected chi connectivity index (χ0v) is 13.5. The normalized spacial score (nSPS) is 11.2. The van der Waals surface area contributed by atoms with E-state index in [0.29, 0.717) is 11.3 Å². The molecule has 0 fully saturated rings. The van der Waals surface area contributed by atoms with Crippen molar-refractivity contribution in [3.63, 3.8) is 0 Å². The average Bonchev–Trinajstić information content (AvgIpc) is 2.50. The van der Waals surface area contributed by atoms with Crippen LogP contribution in [0.3, 0.4) is 0 Å². The number of ether oxygens (including phenoxy) is 1. The first-order valence-electron chi connectivity index (χ1n) is 6.78. The molecule has 0 aliphatic rings. The Morgan fingerprint density at radius 2 is 2.05 bits per heavy atom. The minimum Gasteiger partial charge on any atom is -0.465 e. The highest BCUT2D eigenvalue weighted by Crippen LogP contribution is 2.31. The van der Waals surface area contributed by atoms with Gasteiger partial charge in [-0.05, 0) is 37.3 Å². The number of anilines is 2. The van der Waals surface area contributed by atoms with Crippen LogP contribution < -0.4 is 11.1 Å². The summed E-state index contributed by atoms with van der Waals surface area (Å²) in [4.78, 5) is 11.6. The number of methoxy groups -OCH3 is 1. The van der Waals surface area contributed by atoms with Gasteiger partial charge in [-0.1, -0.05) is 13.8 Å². The summed E-state index contributed by atoms with van der Waals surface area (Å²) in [6.45, 7) is 5.25. The summed E-state index contributed by atoms with van der Waals surface area (Å²) in [7, 11) is 1.36. The van der Waals surface area contributed by atoms with E-state index >= 15 is 0 Å². The van der Waals surface area contributed by atoms with Crippen molar-refractivity contribution in [2.75, 3.05) is 31.0 Å². The highest BCUT2D eigenvalue weighted by atomic mass is 32.2. The molecule has 3 N–H and O–H groups in total. The number of benzene rings is 1. The second kappa shape index (κ2) is 7.43. The Labute approximate surface area is 125 Å². The van der Waals surface area contributed by atoms with Gasteiger partial charge in [-0.3, -0.25) is 0 Å². The molecule has 0 atom stereocenters. The minimum atomic E-state index is -0.409. The molecule has 0 aromatic heterocycles. The van der Waals surface area contributed by atoms with Gasteiger partial charge in [0.25, 0.3) is 0 Å². The molecule has 112 valence electrons. The molecule has 0 spiro atoms. The summed E-state index contributed by atoms with van der Waals surface area (Å²) in [6, 6.07) is 5.36. The van der Waals surface area contributed by atoms with E-state index in [1.54, 1.807) is 12.1 Å². The first-order valence-corrected chi connectivity index (χ1v) is 8.01. The van der Waals surface area contributed by atoms with Gasteiger partial charge in [0.2, 0.25) is 0 Å². The molecule has 20 heavy (non-hydrogen) atoms. The van der Waals surface area contributed by atoms with Crippen molar-refractivity contribution in [3.8, 4) is 0 Å². The number of carbonyl (C=O) groups excluding carboxylic acids is 1. The van der Waals surface area contributed by atoms with E-state index in [0.717, 1.165) is 25.1 Å². The van der Waals surface area contributed by atoms with Crippen molar-refractivity contribution in [1.29, 1.82) is 0 Å². The van der Waals surface area contributed by atoms with Gasteiger partial charge in [-0.25, -0.2) is 4.79 Å². The summed E-state index contributed by atoms with van der Waals surface area (Å²) in [6.07, 6.45) is 4.32. The predicted molar refractivity (Wildman–Crippen MR) is 87.5 cm³/mol. The first-order chi connectivity index (χ1) is 9.51. The fourth-order valence-corrected chi connectivity index (χ4v) is 2.87. The van der Waals surface area contributed by atoms with Crippen molar-refractivity contribution < 1.29 is 9.53 Å². The highest BCUT2D eigenvalue weighted by molar-refractivity contribution is 8.00. The van der Waals surface area contributed by atoms with Crippen LogP contribution in [0.2, 0.25) is 0 Å². The topological polar surface area (TPSA) is 64.3 Å². The molecule has 0 amide bonds. The van der Waals surface area contributed by atoms with Gasteiger partial charge in [-0.15, -0.1) is 0 Å². The molecule has 1 aromatic rings. The van der Waals surface area contributed by atoms with Crippen molar-refractivity contribution in [1.82, 2.24) is 0 Å². The predicted octanol–water partition coefficient (Wildman–Crippen LogP) is 3.39. The Kier molecular flexibility index (Phi) is 6.20. The third kappa shape index (κ3) is 3.82. The molecule has 0 saturated heterocycles. The number of rotatable bonds is 7. The van der Waals surface area contributed by atoms with Gasteiger partial charge in [0.15, 0.2) is 0 Å². The van der Waals surface area contributed by atoms with Crippen LogP contribution in [0.25, 0.3) is 0 Å². The van der Waals surface area contributed by atoms with Crippen LogP contribution in [0.5, 0.6) is 0 Å². The van der Waals surface area contributed by atoms with Crippen LogP contribution in [0.4, 0.5) is 11.4 Å². The van der Waals surface area contributed by atoms with E-state index < -0.39 is 5.97 Å². The summed E-state index contributed by atoms with van der Waals surface area (Å²) in [5.74, 6) is -0.409. The number of carbonyl (C=O) groups is 1. The van der Waals surface area contributed by atoms with Crippen LogP contribution in [0, 0.1) is 0 Å². The SMILES string of the molecule is CCC(CC)(CNc1ccc(N)c(C(=O)OC)c1)SC. The van der Waals surface area contributed by atoms with Gasteiger partial charge in [-0.2, -0.15) is 11.8 Å². The van der Waals surface area contributed by atoms with Gasteiger partial charge < -0.3 is 15.8 Å². The maximum absolute atomic E-state index is 11.6. The molecule has 4 nitrogen and oxygen atoms in total. The van der Waals surface area contributed by atoms with Crippen LogP contribution in [-0.4, -0.2) is 30.6 Å². The maximum Gasteiger partial charge on any atom is 0.340 e. The number of hydrogen-bond donors (Lipinski definition) is 2. The van der Waals surface area contributed by atoms with E-state index in [4.69, 9.17) is 10.5 Å². The van der Waals surface area contributed by atoms with Crippen molar-refractivity contribution >= 4 is 29.1 Å². The lowest BCUT2D eigenvalue weighted by atomic mass is 10.0. The van der Waals surface area contributed by atoms with E-state index in [1.165, 1.54) is 7.11 Å². The Balaban J connectivity index is 2.86.